The van der Waals surface area contributed by atoms with E-state index < -0.39 is 10.2 Å². The van der Waals surface area contributed by atoms with Crippen molar-refractivity contribution in [2.45, 2.75) is 17.3 Å². The molecule has 0 amide bonds. The van der Waals surface area contributed by atoms with Gasteiger partial charge in [-0.3, -0.25) is 0 Å². The molecule has 1 heterocycles. The van der Waals surface area contributed by atoms with E-state index in [0.29, 0.717) is 12.2 Å². The zero-order valence-corrected chi connectivity index (χ0v) is 18.9. The number of nitrogens with zero attached hydrogens (tertiary/aromatic N) is 1. The number of rotatable bonds is 4. The third-order valence-corrected chi connectivity index (χ3v) is 6.31. The summed E-state index contributed by atoms with van der Waals surface area (Å²) in [7, 11) is 0. The van der Waals surface area contributed by atoms with Crippen LogP contribution < -0.4 is 16.2 Å². The largest absolute Gasteiger partial charge is 0.490 e. The van der Waals surface area contributed by atoms with Gasteiger partial charge in [-0.2, -0.15) is 0 Å². The van der Waals surface area contributed by atoms with Gasteiger partial charge < -0.3 is 9.71 Å². The number of allylic oxidation sites excluding steroid dienone is 2. The molecule has 0 aliphatic carbocycles. The van der Waals surface area contributed by atoms with Crippen LogP contribution in [0.5, 0.6) is 0 Å². The zero-order valence-electron chi connectivity index (χ0n) is 16.6. The van der Waals surface area contributed by atoms with E-state index in [1.54, 1.807) is 0 Å². The summed E-state index contributed by atoms with van der Waals surface area (Å²) in [6.45, 7) is 2.79. The van der Waals surface area contributed by atoms with Crippen LogP contribution in [-0.2, 0) is 6.54 Å². The van der Waals surface area contributed by atoms with E-state index >= 15 is 0 Å². The van der Waals surface area contributed by atoms with Gasteiger partial charge in [0.2, 0.25) is 3.79 Å². The maximum absolute atomic E-state index is 6.37. The highest BCUT2D eigenvalue weighted by molar-refractivity contribution is 6.95. The number of nitrogens with one attached hydrogen (secondary N) is 1. The first-order chi connectivity index (χ1) is 14.4. The minimum absolute atomic E-state index is 0.571. The van der Waals surface area contributed by atoms with E-state index in [9.17, 15) is 0 Å². The van der Waals surface area contributed by atoms with Crippen molar-refractivity contribution in [3.63, 3.8) is 0 Å². The first-order valence-corrected chi connectivity index (χ1v) is 11.0. The minimum atomic E-state index is -1.65. The molecule has 0 bridgehead atoms. The Morgan fingerprint density at radius 3 is 1.70 bits per heavy atom. The molecule has 6 heteroatoms. The maximum atomic E-state index is 6.37. The van der Waals surface area contributed by atoms with E-state index in [2.05, 4.69) is 65.2 Å². The molecule has 0 fully saturated rings. The van der Waals surface area contributed by atoms with Gasteiger partial charge in [-0.1, -0.05) is 126 Å². The summed E-state index contributed by atoms with van der Waals surface area (Å²) in [5.74, 6) is 0. The van der Waals surface area contributed by atoms with Gasteiger partial charge in [0.1, 0.15) is 12.3 Å². The molecular weight excluding hydrogens is 433 g/mol. The molecule has 4 rings (SSSR count). The smallest absolute Gasteiger partial charge is 0.423 e. The molecule has 0 aromatic heterocycles. The van der Waals surface area contributed by atoms with Gasteiger partial charge in [0, 0.05) is 24.3 Å². The third kappa shape index (κ3) is 4.03. The van der Waals surface area contributed by atoms with Gasteiger partial charge in [-0.15, -0.1) is 10.9 Å². The molecule has 2 nitrogen and oxygen atoms in total. The molecule has 1 aliphatic heterocycles. The lowest BCUT2D eigenvalue weighted by Crippen LogP contribution is -2.77. The van der Waals surface area contributed by atoms with Crippen molar-refractivity contribution in [1.82, 2.24) is 5.23 Å². The Morgan fingerprint density at radius 2 is 1.23 bits per heavy atom. The second kappa shape index (κ2) is 8.51. The van der Waals surface area contributed by atoms with Gasteiger partial charge in [0.15, 0.2) is 0 Å². The Bertz CT molecular complexity index is 1040. The van der Waals surface area contributed by atoms with Gasteiger partial charge in [-0.25, -0.2) is 0 Å². The molecule has 0 atom stereocenters. The van der Waals surface area contributed by atoms with E-state index in [1.807, 2.05) is 48.5 Å². The lowest BCUT2D eigenvalue weighted by atomic mass is 9.36. The molecule has 30 heavy (non-hydrogen) atoms. The van der Waals surface area contributed by atoms with E-state index in [-0.39, 0.29) is 0 Å². The monoisotopic (exact) mass is 454 g/mol. The Hall–Kier alpha value is -2.20. The summed E-state index contributed by atoms with van der Waals surface area (Å²) in [4.78, 5) is 0. The Balaban J connectivity index is 2.01. The summed E-state index contributed by atoms with van der Waals surface area (Å²) < 4.78 is 0.830. The highest BCUT2D eigenvalue weighted by Gasteiger charge is 2.48. The van der Waals surface area contributed by atoms with Crippen molar-refractivity contribution >= 4 is 57.9 Å². The quantitative estimate of drug-likeness (QED) is 0.442. The van der Waals surface area contributed by atoms with Gasteiger partial charge in [0.25, 0.3) is 0 Å². The SMILES string of the molecule is CC1=[N+](Cc2ccccc2)[B-](c2ccccc2)(c2ccccc2)NC(C(Cl)(Cl)Cl)=C1. The van der Waals surface area contributed by atoms with Crippen molar-refractivity contribution < 1.29 is 4.49 Å². The van der Waals surface area contributed by atoms with Crippen LogP contribution in [0.2, 0.25) is 0 Å². The highest BCUT2D eigenvalue weighted by Crippen LogP contribution is 2.35. The van der Waals surface area contributed by atoms with Crippen molar-refractivity contribution in [3.8, 4) is 0 Å². The molecule has 0 saturated heterocycles. The molecule has 152 valence electrons. The standard InChI is InChI=1S/C24H22BCl3N2/c1-19-17-23(24(26,27)28)29-25(21-13-7-3-8-14-21,22-15-9-4-10-16-22)30(19)18-20-11-5-2-6-12-20/h2-17,29H,18H2,1H3. The predicted octanol–water partition coefficient (Wildman–Crippen LogP) is 4.77. The van der Waals surface area contributed by atoms with Crippen molar-refractivity contribution in [2.75, 3.05) is 0 Å². The first-order valence-electron chi connectivity index (χ1n) is 9.89. The van der Waals surface area contributed by atoms with Crippen LogP contribution in [0.15, 0.2) is 103 Å². The Morgan fingerprint density at radius 1 is 0.767 bits per heavy atom. The van der Waals surface area contributed by atoms with Gasteiger partial charge in [0.05, 0.1) is 0 Å². The van der Waals surface area contributed by atoms with E-state index in [4.69, 9.17) is 34.8 Å². The molecule has 1 aliphatic rings. The second-order valence-corrected chi connectivity index (χ2v) is 9.88. The minimum Gasteiger partial charge on any atom is -0.490 e. The first kappa shape index (κ1) is 21.1. The molecule has 3 aromatic carbocycles. The Kier molecular flexibility index (Phi) is 5.97. The maximum Gasteiger partial charge on any atom is 0.423 e. The van der Waals surface area contributed by atoms with E-state index in [0.717, 1.165) is 16.6 Å². The van der Waals surface area contributed by atoms with Crippen LogP contribution in [0.25, 0.3) is 0 Å². The van der Waals surface area contributed by atoms with Crippen LogP contribution in [0.4, 0.5) is 0 Å². The average Bonchev–Trinajstić information content (AvgIpc) is 2.76. The molecular formula is C24H22BCl3N2. The highest BCUT2D eigenvalue weighted by atomic mass is 35.6. The van der Waals surface area contributed by atoms with Crippen molar-refractivity contribution in [3.05, 3.63) is 108 Å². The van der Waals surface area contributed by atoms with Crippen LogP contribution in [-0.4, -0.2) is 20.4 Å². The fourth-order valence-electron chi connectivity index (χ4n) is 4.33. The predicted molar refractivity (Wildman–Crippen MR) is 131 cm³/mol. The van der Waals surface area contributed by atoms with Crippen molar-refractivity contribution in [2.24, 2.45) is 0 Å². The fourth-order valence-corrected chi connectivity index (χ4v) is 4.66. The number of benzene rings is 3. The van der Waals surface area contributed by atoms with E-state index in [1.165, 1.54) is 5.56 Å². The van der Waals surface area contributed by atoms with Crippen LogP contribution in [0, 0.1) is 0 Å². The molecule has 0 radical (unpaired) electrons. The molecule has 3 aromatic rings. The number of hydrogen-bond donors (Lipinski definition) is 1. The second-order valence-electron chi connectivity index (χ2n) is 7.60. The average molecular weight is 456 g/mol. The number of alkyl halides is 3. The Labute approximate surface area is 192 Å². The summed E-state index contributed by atoms with van der Waals surface area (Å²) in [5.41, 5.74) is 5.06. The lowest BCUT2D eigenvalue weighted by Gasteiger charge is -2.45. The normalized spacial score (nSPS) is 16.1. The summed E-state index contributed by atoms with van der Waals surface area (Å²) in [6, 6.07) is 31.2. The number of hydrogen-bond acceptors (Lipinski definition) is 1. The third-order valence-electron chi connectivity index (χ3n) is 5.70. The van der Waals surface area contributed by atoms with Gasteiger partial charge >= 0.3 is 6.42 Å². The van der Waals surface area contributed by atoms with Crippen LogP contribution in [0.1, 0.15) is 12.5 Å². The van der Waals surface area contributed by atoms with Crippen LogP contribution in [0.3, 0.4) is 0 Å². The fraction of sp³-hybridized carbons (Fsp3) is 0.125. The topological polar surface area (TPSA) is 15.0 Å². The van der Waals surface area contributed by atoms with Gasteiger partial charge in [-0.05, 0) is 0 Å². The number of halogens is 3. The van der Waals surface area contributed by atoms with Crippen molar-refractivity contribution in [1.29, 1.82) is 0 Å². The molecule has 0 saturated carbocycles. The summed E-state index contributed by atoms with van der Waals surface area (Å²) >= 11 is 19.1. The zero-order chi connectivity index (χ0) is 21.2. The summed E-state index contributed by atoms with van der Waals surface area (Å²) in [6.07, 6.45) is 0.284. The molecule has 0 unspecified atom stereocenters. The van der Waals surface area contributed by atoms with Crippen LogP contribution >= 0.6 is 34.8 Å². The molecule has 0 spiro atoms. The summed E-state index contributed by atoms with van der Waals surface area (Å²) in [5, 5.41) is 3.67. The molecule has 1 N–H and O–H groups in total. The lowest BCUT2D eigenvalue weighted by molar-refractivity contribution is -0.416.